The van der Waals surface area contributed by atoms with Crippen LogP contribution in [0.4, 0.5) is 9.18 Å². The summed E-state index contributed by atoms with van der Waals surface area (Å²) in [4.78, 5) is 23.8. The second kappa shape index (κ2) is 5.54. The Labute approximate surface area is 105 Å². The highest BCUT2D eigenvalue weighted by Gasteiger charge is 2.31. The minimum atomic E-state index is -1.17. The van der Waals surface area contributed by atoms with Gasteiger partial charge in [0.1, 0.15) is 0 Å². The molecule has 6 heteroatoms. The van der Waals surface area contributed by atoms with Gasteiger partial charge < -0.3 is 10.4 Å². The Hall–Kier alpha value is -1.33. The van der Waals surface area contributed by atoms with Crippen LogP contribution in [0.1, 0.15) is 38.5 Å². The van der Waals surface area contributed by atoms with E-state index in [4.69, 9.17) is 5.11 Å². The average Bonchev–Trinajstić information content (AvgIpc) is 2.76. The molecule has 2 aliphatic rings. The third-order valence-corrected chi connectivity index (χ3v) is 3.84. The summed E-state index contributed by atoms with van der Waals surface area (Å²) in [6, 6.07) is -0.361. The molecule has 1 saturated heterocycles. The number of amides is 2. The predicted octanol–water partition coefficient (Wildman–Crippen LogP) is 1.73. The van der Waals surface area contributed by atoms with E-state index >= 15 is 0 Å². The fraction of sp³-hybridized carbons (Fsp3) is 0.833. The SMILES string of the molecule is O=C(O)C1CCC(NC(=O)N2CCCC2F)CC1. The van der Waals surface area contributed by atoms with Crippen LogP contribution in [0.25, 0.3) is 0 Å². The standard InChI is InChI=1S/C12H19FN2O3/c13-10-2-1-7-15(10)12(18)14-9-5-3-8(4-6-9)11(16)17/h8-10H,1-7H2,(H,14,18)(H,16,17). The van der Waals surface area contributed by atoms with Crippen LogP contribution in [-0.2, 0) is 4.79 Å². The van der Waals surface area contributed by atoms with Crippen LogP contribution in [0.15, 0.2) is 0 Å². The van der Waals surface area contributed by atoms with Gasteiger partial charge in [0.05, 0.1) is 5.92 Å². The number of aliphatic carboxylic acids is 1. The molecule has 2 rings (SSSR count). The molecule has 0 aromatic carbocycles. The van der Waals surface area contributed by atoms with Crippen LogP contribution < -0.4 is 5.32 Å². The third-order valence-electron chi connectivity index (χ3n) is 3.84. The van der Waals surface area contributed by atoms with Gasteiger partial charge in [0, 0.05) is 12.6 Å². The zero-order valence-electron chi connectivity index (χ0n) is 10.3. The summed E-state index contributed by atoms with van der Waals surface area (Å²) >= 11 is 0. The molecule has 2 N–H and O–H groups in total. The number of rotatable bonds is 2. The number of urea groups is 1. The van der Waals surface area contributed by atoms with E-state index in [1.165, 1.54) is 4.90 Å². The Balaban J connectivity index is 1.77. The molecule has 0 bridgehead atoms. The van der Waals surface area contributed by atoms with Crippen molar-refractivity contribution >= 4 is 12.0 Å². The smallest absolute Gasteiger partial charge is 0.319 e. The second-order valence-corrected chi connectivity index (χ2v) is 5.11. The zero-order valence-corrected chi connectivity index (χ0v) is 10.3. The number of hydrogen-bond donors (Lipinski definition) is 2. The number of hydrogen-bond acceptors (Lipinski definition) is 2. The summed E-state index contributed by atoms with van der Waals surface area (Å²) < 4.78 is 13.3. The first-order valence-electron chi connectivity index (χ1n) is 6.52. The maximum atomic E-state index is 13.3. The van der Waals surface area contributed by atoms with E-state index in [0.717, 1.165) is 0 Å². The van der Waals surface area contributed by atoms with Crippen LogP contribution >= 0.6 is 0 Å². The van der Waals surface area contributed by atoms with Gasteiger partial charge in [-0.3, -0.25) is 9.69 Å². The molecular formula is C12H19FN2O3. The lowest BCUT2D eigenvalue weighted by Gasteiger charge is -2.29. The van der Waals surface area contributed by atoms with Crippen LogP contribution in [0.2, 0.25) is 0 Å². The van der Waals surface area contributed by atoms with Crippen molar-refractivity contribution in [2.45, 2.75) is 50.9 Å². The summed E-state index contributed by atoms with van der Waals surface area (Å²) in [5, 5.41) is 11.7. The first-order valence-corrected chi connectivity index (χ1v) is 6.52. The summed E-state index contributed by atoms with van der Waals surface area (Å²) in [6.07, 6.45) is 2.44. The van der Waals surface area contributed by atoms with Gasteiger partial charge in [-0.15, -0.1) is 0 Å². The lowest BCUT2D eigenvalue weighted by Crippen LogP contribution is -2.47. The van der Waals surface area contributed by atoms with E-state index in [2.05, 4.69) is 5.32 Å². The summed E-state index contributed by atoms with van der Waals surface area (Å²) in [7, 11) is 0. The number of carbonyl (C=O) groups is 2. The van der Waals surface area contributed by atoms with Crippen molar-refractivity contribution in [3.63, 3.8) is 0 Å². The number of likely N-dealkylation sites (tertiary alicyclic amines) is 1. The minimum Gasteiger partial charge on any atom is -0.481 e. The van der Waals surface area contributed by atoms with E-state index in [1.54, 1.807) is 0 Å². The molecule has 0 radical (unpaired) electrons. The van der Waals surface area contributed by atoms with Gasteiger partial charge in [-0.2, -0.15) is 0 Å². The molecule has 1 saturated carbocycles. The molecule has 5 nitrogen and oxygen atoms in total. The molecule has 1 atom stereocenters. The highest BCUT2D eigenvalue weighted by molar-refractivity contribution is 5.75. The molecule has 1 heterocycles. The Morgan fingerprint density at radius 1 is 1.17 bits per heavy atom. The summed E-state index contributed by atoms with van der Waals surface area (Å²) in [5.41, 5.74) is 0. The number of nitrogens with zero attached hydrogens (tertiary/aromatic N) is 1. The van der Waals surface area contributed by atoms with Crippen molar-refractivity contribution < 1.29 is 19.1 Å². The first-order chi connectivity index (χ1) is 8.58. The Morgan fingerprint density at radius 3 is 2.33 bits per heavy atom. The number of nitrogens with one attached hydrogen (secondary N) is 1. The van der Waals surface area contributed by atoms with Crippen molar-refractivity contribution in [1.29, 1.82) is 0 Å². The number of carboxylic acid groups (broad SMARTS) is 1. The van der Waals surface area contributed by atoms with E-state index < -0.39 is 12.3 Å². The molecule has 2 fully saturated rings. The molecule has 0 aromatic heterocycles. The van der Waals surface area contributed by atoms with E-state index in [1.807, 2.05) is 0 Å². The normalized spacial score (nSPS) is 32.3. The van der Waals surface area contributed by atoms with Crippen molar-refractivity contribution in [2.24, 2.45) is 5.92 Å². The molecule has 0 spiro atoms. The van der Waals surface area contributed by atoms with Crippen LogP contribution in [-0.4, -0.2) is 40.9 Å². The van der Waals surface area contributed by atoms with Gasteiger partial charge in [-0.1, -0.05) is 0 Å². The van der Waals surface area contributed by atoms with Gasteiger partial charge in [0.2, 0.25) is 0 Å². The monoisotopic (exact) mass is 258 g/mol. The first kappa shape index (κ1) is 13.1. The number of alkyl halides is 1. The largest absolute Gasteiger partial charge is 0.481 e. The molecule has 1 aliphatic heterocycles. The van der Waals surface area contributed by atoms with Crippen molar-refractivity contribution in [3.8, 4) is 0 Å². The second-order valence-electron chi connectivity index (χ2n) is 5.11. The molecule has 18 heavy (non-hydrogen) atoms. The minimum absolute atomic E-state index is 0.0131. The maximum absolute atomic E-state index is 13.3. The molecule has 2 amide bonds. The van der Waals surface area contributed by atoms with Crippen molar-refractivity contribution in [3.05, 3.63) is 0 Å². The number of halogens is 1. The average molecular weight is 258 g/mol. The number of carboxylic acids is 1. The van der Waals surface area contributed by atoms with E-state index in [0.29, 0.717) is 45.1 Å². The van der Waals surface area contributed by atoms with Gasteiger partial charge in [-0.25, -0.2) is 9.18 Å². The predicted molar refractivity (Wildman–Crippen MR) is 62.7 cm³/mol. The summed E-state index contributed by atoms with van der Waals surface area (Å²) in [6.45, 7) is 0.470. The van der Waals surface area contributed by atoms with Gasteiger partial charge in [-0.05, 0) is 38.5 Å². The highest BCUT2D eigenvalue weighted by atomic mass is 19.1. The van der Waals surface area contributed by atoms with Crippen LogP contribution in [0.5, 0.6) is 0 Å². The fourth-order valence-corrected chi connectivity index (χ4v) is 2.70. The van der Waals surface area contributed by atoms with Crippen LogP contribution in [0.3, 0.4) is 0 Å². The maximum Gasteiger partial charge on any atom is 0.319 e. The molecule has 0 aromatic rings. The Morgan fingerprint density at radius 2 is 1.83 bits per heavy atom. The Kier molecular flexibility index (Phi) is 4.04. The third kappa shape index (κ3) is 2.91. The highest BCUT2D eigenvalue weighted by Crippen LogP contribution is 2.25. The van der Waals surface area contributed by atoms with Crippen molar-refractivity contribution in [1.82, 2.24) is 10.2 Å². The lowest BCUT2D eigenvalue weighted by atomic mass is 9.86. The van der Waals surface area contributed by atoms with Gasteiger partial charge in [0.25, 0.3) is 0 Å². The van der Waals surface area contributed by atoms with Gasteiger partial charge in [0.15, 0.2) is 6.30 Å². The molecule has 1 aliphatic carbocycles. The quantitative estimate of drug-likeness (QED) is 0.741. The zero-order chi connectivity index (χ0) is 13.1. The molecular weight excluding hydrogens is 239 g/mol. The van der Waals surface area contributed by atoms with Gasteiger partial charge >= 0.3 is 12.0 Å². The topological polar surface area (TPSA) is 69.6 Å². The van der Waals surface area contributed by atoms with E-state index in [-0.39, 0.29) is 18.0 Å². The number of carbonyl (C=O) groups excluding carboxylic acids is 1. The Bertz CT molecular complexity index is 329. The molecule has 1 unspecified atom stereocenters. The molecule has 102 valence electrons. The van der Waals surface area contributed by atoms with Crippen LogP contribution in [0, 0.1) is 5.92 Å². The summed E-state index contributed by atoms with van der Waals surface area (Å²) in [5.74, 6) is -1.05. The van der Waals surface area contributed by atoms with Crippen molar-refractivity contribution in [2.75, 3.05) is 6.54 Å². The fourth-order valence-electron chi connectivity index (χ4n) is 2.70. The van der Waals surface area contributed by atoms with E-state index in [9.17, 15) is 14.0 Å². The lowest BCUT2D eigenvalue weighted by molar-refractivity contribution is -0.142.